The fourth-order valence-electron chi connectivity index (χ4n) is 3.14. The average molecular weight is 242 g/mol. The minimum Gasteiger partial charge on any atom is -0.393 e. The lowest BCUT2D eigenvalue weighted by Crippen LogP contribution is -2.36. The van der Waals surface area contributed by atoms with Gasteiger partial charge in [-0.05, 0) is 42.9 Å². The molecule has 0 amide bonds. The molecule has 0 saturated heterocycles. The number of fused-ring (bicyclic) bond motifs is 1. The van der Waals surface area contributed by atoms with Crippen molar-refractivity contribution in [2.75, 3.05) is 0 Å². The standard InChI is InChI=1S/C10H18O.C5H12.CH4/c1-10-6-2-4-8(10)9(11)5-3-7-10;1-4-5(2)3;/h8-9,11H,2-7H2,1H3;5H,4H2,1-3H3;1H4. The monoisotopic (exact) mass is 242 g/mol. The van der Waals surface area contributed by atoms with Crippen LogP contribution in [0.3, 0.4) is 0 Å². The van der Waals surface area contributed by atoms with Gasteiger partial charge in [0.1, 0.15) is 0 Å². The third-order valence-corrected chi connectivity index (χ3v) is 4.69. The maximum atomic E-state index is 9.74. The lowest BCUT2D eigenvalue weighted by molar-refractivity contribution is 0.00209. The van der Waals surface area contributed by atoms with Gasteiger partial charge >= 0.3 is 0 Å². The smallest absolute Gasteiger partial charge is 0.0573 e. The van der Waals surface area contributed by atoms with Crippen LogP contribution < -0.4 is 0 Å². The number of rotatable bonds is 1. The number of aliphatic hydroxyl groups excluding tert-OH is 1. The van der Waals surface area contributed by atoms with E-state index in [9.17, 15) is 5.11 Å². The number of hydrogen-bond acceptors (Lipinski definition) is 1. The first-order valence-electron chi connectivity index (χ1n) is 7.17. The van der Waals surface area contributed by atoms with Crippen LogP contribution in [0.2, 0.25) is 0 Å². The summed E-state index contributed by atoms with van der Waals surface area (Å²) in [5.74, 6) is 1.52. The second-order valence-electron chi connectivity index (χ2n) is 6.41. The molecule has 0 aromatic heterocycles. The molecule has 3 unspecified atom stereocenters. The fraction of sp³-hybridized carbons (Fsp3) is 1.00. The summed E-state index contributed by atoms with van der Waals surface area (Å²) in [5, 5.41) is 9.74. The molecule has 17 heavy (non-hydrogen) atoms. The predicted octanol–water partition coefficient (Wildman–Crippen LogP) is 5.03. The Morgan fingerprint density at radius 3 is 2.06 bits per heavy atom. The first-order chi connectivity index (χ1) is 7.49. The fourth-order valence-corrected chi connectivity index (χ4v) is 3.14. The third-order valence-electron chi connectivity index (χ3n) is 4.69. The van der Waals surface area contributed by atoms with E-state index in [-0.39, 0.29) is 13.5 Å². The molecule has 1 N–H and O–H groups in total. The normalized spacial score (nSPS) is 35.6. The summed E-state index contributed by atoms with van der Waals surface area (Å²) in [7, 11) is 0. The van der Waals surface area contributed by atoms with E-state index in [1.807, 2.05) is 0 Å². The van der Waals surface area contributed by atoms with Gasteiger partial charge in [0.25, 0.3) is 0 Å². The number of hydrogen-bond donors (Lipinski definition) is 1. The molecular weight excluding hydrogens is 208 g/mol. The van der Waals surface area contributed by atoms with Crippen molar-refractivity contribution >= 4 is 0 Å². The lowest BCUT2D eigenvalue weighted by atomic mass is 9.68. The number of aliphatic hydroxyl groups is 1. The van der Waals surface area contributed by atoms with Crippen LogP contribution in [0, 0.1) is 17.3 Å². The lowest BCUT2D eigenvalue weighted by Gasteiger charge is -2.39. The van der Waals surface area contributed by atoms with Crippen LogP contribution in [-0.2, 0) is 0 Å². The highest BCUT2D eigenvalue weighted by Crippen LogP contribution is 2.51. The van der Waals surface area contributed by atoms with Crippen LogP contribution in [0.15, 0.2) is 0 Å². The molecule has 2 saturated carbocycles. The Labute approximate surface area is 109 Å². The van der Waals surface area contributed by atoms with Gasteiger partial charge in [0.2, 0.25) is 0 Å². The summed E-state index contributed by atoms with van der Waals surface area (Å²) < 4.78 is 0. The maximum absolute atomic E-state index is 9.74. The molecule has 0 spiro atoms. The van der Waals surface area contributed by atoms with Crippen molar-refractivity contribution in [2.24, 2.45) is 17.3 Å². The van der Waals surface area contributed by atoms with Crippen molar-refractivity contribution in [3.05, 3.63) is 0 Å². The van der Waals surface area contributed by atoms with Gasteiger partial charge in [0.15, 0.2) is 0 Å². The second-order valence-corrected chi connectivity index (χ2v) is 6.41. The van der Waals surface area contributed by atoms with Crippen LogP contribution in [0.25, 0.3) is 0 Å². The Morgan fingerprint density at radius 2 is 1.65 bits per heavy atom. The Bertz CT molecular complexity index is 200. The Hall–Kier alpha value is -0.0400. The van der Waals surface area contributed by atoms with Gasteiger partial charge < -0.3 is 5.11 Å². The van der Waals surface area contributed by atoms with Crippen molar-refractivity contribution in [1.82, 2.24) is 0 Å². The SMILES string of the molecule is C.CC12CCCC(O)C1CCC2.CCC(C)C. The summed E-state index contributed by atoms with van der Waals surface area (Å²) in [6.45, 7) is 9.01. The van der Waals surface area contributed by atoms with E-state index in [2.05, 4.69) is 27.7 Å². The van der Waals surface area contributed by atoms with E-state index >= 15 is 0 Å². The molecule has 2 aliphatic rings. The summed E-state index contributed by atoms with van der Waals surface area (Å²) in [6, 6.07) is 0. The van der Waals surface area contributed by atoms with Crippen molar-refractivity contribution in [3.63, 3.8) is 0 Å². The average Bonchev–Trinajstić information content (AvgIpc) is 2.62. The summed E-state index contributed by atoms with van der Waals surface area (Å²) in [5.41, 5.74) is 0.512. The molecule has 1 nitrogen and oxygen atoms in total. The zero-order valence-corrected chi connectivity index (χ0v) is 11.6. The molecule has 0 radical (unpaired) electrons. The van der Waals surface area contributed by atoms with Crippen molar-refractivity contribution in [2.45, 2.75) is 86.2 Å². The summed E-state index contributed by atoms with van der Waals surface area (Å²) in [4.78, 5) is 0. The molecule has 0 bridgehead atoms. The molecule has 0 heterocycles. The maximum Gasteiger partial charge on any atom is 0.0573 e. The van der Waals surface area contributed by atoms with Crippen LogP contribution in [0.1, 0.15) is 80.1 Å². The quantitative estimate of drug-likeness (QED) is 0.684. The van der Waals surface area contributed by atoms with Gasteiger partial charge in [0, 0.05) is 0 Å². The molecule has 2 aliphatic carbocycles. The highest BCUT2D eigenvalue weighted by Gasteiger charge is 2.44. The zero-order chi connectivity index (χ0) is 12.2. The summed E-state index contributed by atoms with van der Waals surface area (Å²) in [6.07, 6.45) is 8.96. The van der Waals surface area contributed by atoms with Gasteiger partial charge in [-0.1, -0.05) is 54.4 Å². The molecule has 2 rings (SSSR count). The van der Waals surface area contributed by atoms with Gasteiger partial charge in [-0.3, -0.25) is 0 Å². The highest BCUT2D eigenvalue weighted by molar-refractivity contribution is 4.95. The summed E-state index contributed by atoms with van der Waals surface area (Å²) >= 11 is 0. The van der Waals surface area contributed by atoms with E-state index in [0.29, 0.717) is 11.3 Å². The first kappa shape index (κ1) is 17.0. The minimum atomic E-state index is 0. The van der Waals surface area contributed by atoms with Gasteiger partial charge in [-0.2, -0.15) is 0 Å². The van der Waals surface area contributed by atoms with Crippen LogP contribution in [0.5, 0.6) is 0 Å². The largest absolute Gasteiger partial charge is 0.393 e. The van der Waals surface area contributed by atoms with E-state index in [4.69, 9.17) is 0 Å². The zero-order valence-electron chi connectivity index (χ0n) is 11.6. The third kappa shape index (κ3) is 4.62. The highest BCUT2D eigenvalue weighted by atomic mass is 16.3. The second kappa shape index (κ2) is 7.41. The van der Waals surface area contributed by atoms with E-state index in [0.717, 1.165) is 12.3 Å². The van der Waals surface area contributed by atoms with Crippen LogP contribution in [0.4, 0.5) is 0 Å². The van der Waals surface area contributed by atoms with Crippen LogP contribution in [-0.4, -0.2) is 11.2 Å². The molecular formula is C16H34O. The molecule has 104 valence electrons. The van der Waals surface area contributed by atoms with E-state index in [1.165, 1.54) is 38.5 Å². The molecule has 0 aliphatic heterocycles. The van der Waals surface area contributed by atoms with Gasteiger partial charge in [-0.15, -0.1) is 0 Å². The van der Waals surface area contributed by atoms with Crippen molar-refractivity contribution < 1.29 is 5.11 Å². The molecule has 1 heteroatoms. The topological polar surface area (TPSA) is 20.2 Å². The Balaban J connectivity index is 0.000000373. The Morgan fingerprint density at radius 1 is 1.18 bits per heavy atom. The predicted molar refractivity (Wildman–Crippen MR) is 77.2 cm³/mol. The molecule has 0 aromatic rings. The molecule has 2 fully saturated rings. The van der Waals surface area contributed by atoms with Crippen molar-refractivity contribution in [3.8, 4) is 0 Å². The van der Waals surface area contributed by atoms with E-state index in [1.54, 1.807) is 0 Å². The molecule has 3 atom stereocenters. The van der Waals surface area contributed by atoms with Crippen molar-refractivity contribution in [1.29, 1.82) is 0 Å². The molecule has 0 aromatic carbocycles. The first-order valence-corrected chi connectivity index (χ1v) is 7.17. The Kier molecular flexibility index (Phi) is 7.39. The van der Waals surface area contributed by atoms with Gasteiger partial charge in [-0.25, -0.2) is 0 Å². The van der Waals surface area contributed by atoms with Crippen LogP contribution >= 0.6 is 0 Å². The van der Waals surface area contributed by atoms with E-state index < -0.39 is 0 Å². The van der Waals surface area contributed by atoms with Gasteiger partial charge in [0.05, 0.1) is 6.10 Å². The minimum absolute atomic E-state index is 0.